The van der Waals surface area contributed by atoms with Gasteiger partial charge >= 0.3 is 0 Å². The summed E-state index contributed by atoms with van der Waals surface area (Å²) in [6.07, 6.45) is 6.03. The number of hydrogen-bond donors (Lipinski definition) is 1. The Morgan fingerprint density at radius 3 is 2.44 bits per heavy atom. The monoisotopic (exact) mass is 217 g/mol. The van der Waals surface area contributed by atoms with Crippen LogP contribution in [-0.4, -0.2) is 10.1 Å². The van der Waals surface area contributed by atoms with Gasteiger partial charge < -0.3 is 5.11 Å². The fourth-order valence-corrected chi connectivity index (χ4v) is 2.30. The van der Waals surface area contributed by atoms with E-state index in [0.29, 0.717) is 0 Å². The maximum absolute atomic E-state index is 9.91. The Kier molecular flexibility index (Phi) is 2.16. The summed E-state index contributed by atoms with van der Waals surface area (Å²) in [5, 5.41) is 9.91. The number of aromatic hydroxyl groups is 1. The summed E-state index contributed by atoms with van der Waals surface area (Å²) in [5.74, 6) is 0.165. The molecule has 0 radical (unpaired) electrons. The molecule has 1 heterocycles. The molecule has 0 fully saturated rings. The second-order valence-corrected chi connectivity index (χ2v) is 6.09. The van der Waals surface area contributed by atoms with E-state index in [2.05, 4.69) is 51.8 Å². The van der Waals surface area contributed by atoms with Crippen LogP contribution in [0.2, 0.25) is 0 Å². The molecule has 0 aromatic carbocycles. The van der Waals surface area contributed by atoms with Crippen LogP contribution in [0.1, 0.15) is 51.3 Å². The number of fused-ring (bicyclic) bond motifs is 1. The predicted molar refractivity (Wildman–Crippen MR) is 66.7 cm³/mol. The molecule has 1 aliphatic rings. The Hall–Kier alpha value is -1.31. The van der Waals surface area contributed by atoms with Crippen LogP contribution in [0.5, 0.6) is 5.88 Å². The minimum Gasteiger partial charge on any atom is -0.493 e. The normalized spacial score (nSPS) is 17.6. The highest BCUT2D eigenvalue weighted by Crippen LogP contribution is 2.43. The van der Waals surface area contributed by atoms with Crippen LogP contribution in [-0.2, 0) is 10.8 Å². The van der Waals surface area contributed by atoms with Gasteiger partial charge in [-0.3, -0.25) is 0 Å². The fraction of sp³-hybridized carbons (Fsp3) is 0.500. The molecule has 86 valence electrons. The van der Waals surface area contributed by atoms with Crippen LogP contribution in [0.3, 0.4) is 0 Å². The second-order valence-electron chi connectivity index (χ2n) is 6.09. The molecule has 1 aromatic heterocycles. The minimum atomic E-state index is -0.117. The van der Waals surface area contributed by atoms with Crippen molar-refractivity contribution in [2.45, 2.75) is 45.4 Å². The van der Waals surface area contributed by atoms with E-state index in [9.17, 15) is 5.11 Å². The van der Waals surface area contributed by atoms with Crippen molar-refractivity contribution in [2.75, 3.05) is 0 Å². The summed E-state index contributed by atoms with van der Waals surface area (Å²) in [5.41, 5.74) is 3.23. The summed E-state index contributed by atoms with van der Waals surface area (Å²) in [6, 6.07) is 0. The number of nitrogens with zero attached hydrogens (tertiary/aromatic N) is 1. The van der Waals surface area contributed by atoms with Crippen LogP contribution < -0.4 is 0 Å². The second kappa shape index (κ2) is 3.09. The molecule has 2 heteroatoms. The lowest BCUT2D eigenvalue weighted by molar-refractivity contribution is 0.432. The van der Waals surface area contributed by atoms with E-state index in [0.717, 1.165) is 11.1 Å². The molecule has 0 saturated heterocycles. The van der Waals surface area contributed by atoms with Crippen LogP contribution >= 0.6 is 0 Å². The van der Waals surface area contributed by atoms with Gasteiger partial charge in [0.2, 0.25) is 5.88 Å². The Labute approximate surface area is 97.0 Å². The standard InChI is InChI=1S/C14H19NO/c1-13(2,3)10-8-15-12(16)11-9(10)6-7-14(11,4)5/h6-8H,1-5H3,(H,15,16). The molecule has 0 amide bonds. The third kappa shape index (κ3) is 1.53. The van der Waals surface area contributed by atoms with Crippen molar-refractivity contribution in [3.63, 3.8) is 0 Å². The molecule has 1 N–H and O–H groups in total. The summed E-state index contributed by atoms with van der Waals surface area (Å²) in [7, 11) is 0. The first kappa shape index (κ1) is 11.2. The van der Waals surface area contributed by atoms with Gasteiger partial charge in [-0.1, -0.05) is 46.8 Å². The number of rotatable bonds is 0. The lowest BCUT2D eigenvalue weighted by atomic mass is 9.81. The van der Waals surface area contributed by atoms with E-state index in [1.807, 2.05) is 0 Å². The molecule has 1 aliphatic carbocycles. The van der Waals surface area contributed by atoms with Crippen molar-refractivity contribution in [3.05, 3.63) is 29.0 Å². The molecule has 0 atom stereocenters. The van der Waals surface area contributed by atoms with Crippen molar-refractivity contribution in [1.82, 2.24) is 4.98 Å². The van der Waals surface area contributed by atoms with Gasteiger partial charge in [-0.25, -0.2) is 4.98 Å². The van der Waals surface area contributed by atoms with E-state index in [4.69, 9.17) is 0 Å². The summed E-state index contributed by atoms with van der Waals surface area (Å²) in [6.45, 7) is 10.7. The Morgan fingerprint density at radius 1 is 1.25 bits per heavy atom. The Bertz CT molecular complexity index is 464. The Balaban J connectivity index is 2.73. The van der Waals surface area contributed by atoms with Crippen molar-refractivity contribution in [3.8, 4) is 5.88 Å². The van der Waals surface area contributed by atoms with E-state index in [-0.39, 0.29) is 16.7 Å². The number of allylic oxidation sites excluding steroid dienone is 1. The smallest absolute Gasteiger partial charge is 0.215 e. The molecule has 0 spiro atoms. The van der Waals surface area contributed by atoms with Gasteiger partial charge in [-0.05, 0) is 16.5 Å². The van der Waals surface area contributed by atoms with Gasteiger partial charge in [0.1, 0.15) is 0 Å². The molecule has 2 rings (SSSR count). The molecular formula is C14H19NO. The topological polar surface area (TPSA) is 33.1 Å². The van der Waals surface area contributed by atoms with Crippen LogP contribution in [0.15, 0.2) is 12.3 Å². The molecule has 0 aliphatic heterocycles. The zero-order valence-electron chi connectivity index (χ0n) is 10.6. The van der Waals surface area contributed by atoms with Crippen LogP contribution in [0.4, 0.5) is 0 Å². The van der Waals surface area contributed by atoms with Gasteiger partial charge in [0.25, 0.3) is 0 Å². The zero-order valence-corrected chi connectivity index (χ0v) is 10.6. The van der Waals surface area contributed by atoms with E-state index in [1.54, 1.807) is 6.20 Å². The minimum absolute atomic E-state index is 0.0511. The van der Waals surface area contributed by atoms with Gasteiger partial charge in [-0.15, -0.1) is 0 Å². The van der Waals surface area contributed by atoms with Crippen LogP contribution in [0, 0.1) is 0 Å². The third-order valence-electron chi connectivity index (χ3n) is 3.22. The molecule has 2 nitrogen and oxygen atoms in total. The largest absolute Gasteiger partial charge is 0.493 e. The van der Waals surface area contributed by atoms with Crippen molar-refractivity contribution < 1.29 is 5.11 Å². The lowest BCUT2D eigenvalue weighted by Gasteiger charge is -2.25. The van der Waals surface area contributed by atoms with Gasteiger partial charge in [-0.2, -0.15) is 0 Å². The number of pyridine rings is 1. The SMILES string of the molecule is CC(C)(C)c1cnc(O)c2c1C=CC2(C)C. The average molecular weight is 217 g/mol. The fourth-order valence-electron chi connectivity index (χ4n) is 2.30. The number of hydrogen-bond acceptors (Lipinski definition) is 2. The summed E-state index contributed by atoms with van der Waals surface area (Å²) < 4.78 is 0. The van der Waals surface area contributed by atoms with Crippen molar-refractivity contribution in [2.24, 2.45) is 0 Å². The maximum Gasteiger partial charge on any atom is 0.215 e. The third-order valence-corrected chi connectivity index (χ3v) is 3.22. The molecule has 0 saturated carbocycles. The summed E-state index contributed by atoms with van der Waals surface area (Å²) in [4.78, 5) is 4.13. The van der Waals surface area contributed by atoms with E-state index in [1.165, 1.54) is 5.56 Å². The van der Waals surface area contributed by atoms with E-state index < -0.39 is 0 Å². The first-order valence-electron chi connectivity index (χ1n) is 5.65. The van der Waals surface area contributed by atoms with Crippen LogP contribution in [0.25, 0.3) is 6.08 Å². The van der Waals surface area contributed by atoms with Gasteiger partial charge in [0, 0.05) is 17.2 Å². The highest BCUT2D eigenvalue weighted by Gasteiger charge is 2.33. The number of aromatic nitrogens is 1. The predicted octanol–water partition coefficient (Wildman–Crippen LogP) is 3.39. The highest BCUT2D eigenvalue weighted by atomic mass is 16.3. The first-order valence-corrected chi connectivity index (χ1v) is 5.65. The Morgan fingerprint density at radius 2 is 1.88 bits per heavy atom. The molecule has 0 unspecified atom stereocenters. The van der Waals surface area contributed by atoms with Gasteiger partial charge in [0.05, 0.1) is 0 Å². The van der Waals surface area contributed by atoms with Crippen molar-refractivity contribution >= 4 is 6.08 Å². The lowest BCUT2D eigenvalue weighted by Crippen LogP contribution is -2.17. The van der Waals surface area contributed by atoms with Crippen molar-refractivity contribution in [1.29, 1.82) is 0 Å². The molecule has 1 aromatic rings. The zero-order chi connectivity index (χ0) is 12.1. The molecular weight excluding hydrogens is 198 g/mol. The van der Waals surface area contributed by atoms with Gasteiger partial charge in [0.15, 0.2) is 0 Å². The molecule has 0 bridgehead atoms. The molecule has 16 heavy (non-hydrogen) atoms. The average Bonchev–Trinajstić information content (AvgIpc) is 2.41. The quantitative estimate of drug-likeness (QED) is 0.722. The summed E-state index contributed by atoms with van der Waals surface area (Å²) >= 11 is 0. The highest BCUT2D eigenvalue weighted by molar-refractivity contribution is 5.70. The van der Waals surface area contributed by atoms with E-state index >= 15 is 0 Å². The maximum atomic E-state index is 9.91. The first-order chi connectivity index (χ1) is 7.23.